The molecule has 0 heterocycles. The molecule has 0 aromatic heterocycles. The number of carboxylic acid groups (broad SMARTS) is 1. The van der Waals surface area contributed by atoms with E-state index in [-0.39, 0.29) is 5.56 Å². The first-order valence-corrected chi connectivity index (χ1v) is 3.97. The van der Waals surface area contributed by atoms with Crippen LogP contribution in [0.15, 0.2) is 24.3 Å². The maximum atomic E-state index is 13.2. The Morgan fingerprint density at radius 1 is 1.57 bits per heavy atom. The quantitative estimate of drug-likeness (QED) is 0.559. The molecule has 3 nitrogen and oxygen atoms in total. The number of allylic oxidation sites excluding steroid dienone is 1. The van der Waals surface area contributed by atoms with Crippen LogP contribution in [-0.4, -0.2) is 11.1 Å². The first-order valence-electron chi connectivity index (χ1n) is 3.97. The molecule has 0 amide bonds. The van der Waals surface area contributed by atoms with E-state index < -0.39 is 11.8 Å². The van der Waals surface area contributed by atoms with Crippen molar-refractivity contribution in [2.24, 2.45) is 0 Å². The Morgan fingerprint density at radius 3 is 2.71 bits per heavy atom. The Bertz CT molecular complexity index is 399. The number of anilines is 1. The number of hydrogen-bond acceptors (Lipinski definition) is 2. The summed E-state index contributed by atoms with van der Waals surface area (Å²) in [6.07, 6.45) is 0.953. The van der Waals surface area contributed by atoms with Gasteiger partial charge in [0.1, 0.15) is 5.82 Å². The van der Waals surface area contributed by atoms with Crippen molar-refractivity contribution in [2.45, 2.75) is 6.92 Å². The highest BCUT2D eigenvalue weighted by Crippen LogP contribution is 2.19. The lowest BCUT2D eigenvalue weighted by atomic mass is 10.1. The molecule has 74 valence electrons. The molecule has 1 rings (SSSR count). The number of nitrogens with two attached hydrogens (primary N) is 1. The molecule has 0 aliphatic rings. The molecule has 0 unspecified atom stereocenters. The zero-order valence-electron chi connectivity index (χ0n) is 7.62. The van der Waals surface area contributed by atoms with Gasteiger partial charge in [0.2, 0.25) is 0 Å². The fourth-order valence-electron chi connectivity index (χ4n) is 1.11. The van der Waals surface area contributed by atoms with Gasteiger partial charge in [-0.3, -0.25) is 0 Å². The SMILES string of the molecule is C/C(=C/C(=O)O)c1ccc(N)cc1F. The molecular weight excluding hydrogens is 185 g/mol. The Hall–Kier alpha value is -1.84. The maximum Gasteiger partial charge on any atom is 0.328 e. The molecule has 0 radical (unpaired) electrons. The van der Waals surface area contributed by atoms with E-state index in [2.05, 4.69) is 0 Å². The molecule has 14 heavy (non-hydrogen) atoms. The molecule has 0 saturated carbocycles. The van der Waals surface area contributed by atoms with Crippen LogP contribution in [0.25, 0.3) is 5.57 Å². The summed E-state index contributed by atoms with van der Waals surface area (Å²) >= 11 is 0. The predicted octanol–water partition coefficient (Wildman–Crippen LogP) is 1.90. The zero-order chi connectivity index (χ0) is 10.7. The van der Waals surface area contributed by atoms with Crippen LogP contribution in [0.5, 0.6) is 0 Å². The van der Waals surface area contributed by atoms with Gasteiger partial charge in [0, 0.05) is 17.3 Å². The van der Waals surface area contributed by atoms with Gasteiger partial charge in [0.05, 0.1) is 0 Å². The molecule has 0 atom stereocenters. The number of hydrogen-bond donors (Lipinski definition) is 2. The van der Waals surface area contributed by atoms with Crippen LogP contribution in [0, 0.1) is 5.82 Å². The third kappa shape index (κ3) is 2.32. The lowest BCUT2D eigenvalue weighted by Gasteiger charge is -2.03. The third-order valence-corrected chi connectivity index (χ3v) is 1.76. The van der Waals surface area contributed by atoms with Crippen molar-refractivity contribution in [3.05, 3.63) is 35.7 Å². The van der Waals surface area contributed by atoms with Gasteiger partial charge in [0.15, 0.2) is 0 Å². The van der Waals surface area contributed by atoms with Crippen molar-refractivity contribution in [1.82, 2.24) is 0 Å². The monoisotopic (exact) mass is 195 g/mol. The largest absolute Gasteiger partial charge is 0.478 e. The lowest BCUT2D eigenvalue weighted by Crippen LogP contribution is -1.94. The van der Waals surface area contributed by atoms with Gasteiger partial charge in [0.25, 0.3) is 0 Å². The Morgan fingerprint density at radius 2 is 2.21 bits per heavy atom. The number of rotatable bonds is 2. The number of nitrogen functional groups attached to an aromatic ring is 1. The summed E-state index contributed by atoms with van der Waals surface area (Å²) in [5.41, 5.74) is 6.28. The fraction of sp³-hybridized carbons (Fsp3) is 0.100. The highest BCUT2D eigenvalue weighted by atomic mass is 19.1. The van der Waals surface area contributed by atoms with Gasteiger partial charge in [-0.1, -0.05) is 0 Å². The van der Waals surface area contributed by atoms with E-state index in [0.29, 0.717) is 11.3 Å². The van der Waals surface area contributed by atoms with Crippen LogP contribution in [0.3, 0.4) is 0 Å². The van der Waals surface area contributed by atoms with Crippen LogP contribution >= 0.6 is 0 Å². The molecule has 0 aliphatic heterocycles. The number of aliphatic carboxylic acids is 1. The smallest absolute Gasteiger partial charge is 0.328 e. The zero-order valence-corrected chi connectivity index (χ0v) is 7.62. The van der Waals surface area contributed by atoms with Crippen molar-refractivity contribution in [2.75, 3.05) is 5.73 Å². The summed E-state index contributed by atoms with van der Waals surface area (Å²) in [6.45, 7) is 1.53. The van der Waals surface area contributed by atoms with E-state index in [1.165, 1.54) is 19.1 Å². The summed E-state index contributed by atoms with van der Waals surface area (Å²) in [6, 6.07) is 4.14. The molecule has 3 N–H and O–H groups in total. The van der Waals surface area contributed by atoms with Crippen molar-refractivity contribution in [3.63, 3.8) is 0 Å². The summed E-state index contributed by atoms with van der Waals surface area (Å²) < 4.78 is 13.2. The Kier molecular flexibility index (Phi) is 2.86. The summed E-state index contributed by atoms with van der Waals surface area (Å²) in [5.74, 6) is -1.61. The van der Waals surface area contributed by atoms with Crippen molar-refractivity contribution >= 4 is 17.2 Å². The van der Waals surface area contributed by atoms with Gasteiger partial charge in [-0.15, -0.1) is 0 Å². The minimum Gasteiger partial charge on any atom is -0.478 e. The van der Waals surface area contributed by atoms with Crippen molar-refractivity contribution in [3.8, 4) is 0 Å². The lowest BCUT2D eigenvalue weighted by molar-refractivity contribution is -0.131. The van der Waals surface area contributed by atoms with Gasteiger partial charge in [-0.05, 0) is 30.7 Å². The Balaban J connectivity index is 3.14. The molecule has 1 aromatic carbocycles. The Labute approximate surface area is 80.7 Å². The number of benzene rings is 1. The van der Waals surface area contributed by atoms with Crippen LogP contribution < -0.4 is 5.73 Å². The van der Waals surface area contributed by atoms with E-state index in [9.17, 15) is 9.18 Å². The van der Waals surface area contributed by atoms with Crippen molar-refractivity contribution < 1.29 is 14.3 Å². The highest BCUT2D eigenvalue weighted by Gasteiger charge is 2.05. The first-order chi connectivity index (χ1) is 6.50. The van der Waals surface area contributed by atoms with Gasteiger partial charge in [-0.25, -0.2) is 9.18 Å². The minimum absolute atomic E-state index is 0.251. The number of carbonyl (C=O) groups is 1. The summed E-state index contributed by atoms with van der Waals surface area (Å²) in [7, 11) is 0. The first kappa shape index (κ1) is 10.2. The fourth-order valence-corrected chi connectivity index (χ4v) is 1.11. The van der Waals surface area contributed by atoms with E-state index in [1.54, 1.807) is 0 Å². The van der Waals surface area contributed by atoms with E-state index in [4.69, 9.17) is 10.8 Å². The predicted molar refractivity (Wildman–Crippen MR) is 52.1 cm³/mol. The van der Waals surface area contributed by atoms with E-state index in [0.717, 1.165) is 12.1 Å². The van der Waals surface area contributed by atoms with Gasteiger partial charge < -0.3 is 10.8 Å². The van der Waals surface area contributed by atoms with Gasteiger partial charge >= 0.3 is 5.97 Å². The molecule has 0 spiro atoms. The van der Waals surface area contributed by atoms with E-state index >= 15 is 0 Å². The molecule has 1 aromatic rings. The number of halogens is 1. The second-order valence-corrected chi connectivity index (χ2v) is 2.90. The molecular formula is C10H10FNO2. The molecule has 0 bridgehead atoms. The standard InChI is InChI=1S/C10H10FNO2/c1-6(4-10(13)14)8-3-2-7(12)5-9(8)11/h2-5H,12H2,1H3,(H,13,14)/b6-4-. The van der Waals surface area contributed by atoms with Gasteiger partial charge in [-0.2, -0.15) is 0 Å². The third-order valence-electron chi connectivity index (χ3n) is 1.76. The topological polar surface area (TPSA) is 63.3 Å². The molecule has 0 saturated heterocycles. The second-order valence-electron chi connectivity index (χ2n) is 2.90. The summed E-state index contributed by atoms with van der Waals surface area (Å²) in [5, 5.41) is 8.47. The van der Waals surface area contributed by atoms with Crippen molar-refractivity contribution in [1.29, 1.82) is 0 Å². The molecule has 0 fully saturated rings. The number of carboxylic acids is 1. The average molecular weight is 195 g/mol. The van der Waals surface area contributed by atoms with Crippen LogP contribution in [-0.2, 0) is 4.79 Å². The maximum absolute atomic E-state index is 13.2. The minimum atomic E-state index is -1.10. The molecule has 0 aliphatic carbocycles. The van der Waals surface area contributed by atoms with Crippen LogP contribution in [0.1, 0.15) is 12.5 Å². The summed E-state index contributed by atoms with van der Waals surface area (Å²) in [4.78, 5) is 10.3. The normalized spacial score (nSPS) is 11.4. The molecule has 4 heteroatoms. The second kappa shape index (κ2) is 3.91. The van der Waals surface area contributed by atoms with Crippen LogP contribution in [0.2, 0.25) is 0 Å². The van der Waals surface area contributed by atoms with Crippen LogP contribution in [0.4, 0.5) is 10.1 Å². The highest BCUT2D eigenvalue weighted by molar-refractivity contribution is 5.89. The average Bonchev–Trinajstić information content (AvgIpc) is 2.01. The van der Waals surface area contributed by atoms with E-state index in [1.807, 2.05) is 0 Å².